The maximum absolute atomic E-state index is 13.1. The zero-order chi connectivity index (χ0) is 45.4. The summed E-state index contributed by atoms with van der Waals surface area (Å²) in [5.41, 5.74) is 3.42. The van der Waals surface area contributed by atoms with Crippen LogP contribution in [0.2, 0.25) is 0 Å². The number of ether oxygens (including phenoxy) is 1. The molecule has 0 aromatic heterocycles. The van der Waals surface area contributed by atoms with E-state index in [9.17, 15) is 72.9 Å². The first-order valence-electron chi connectivity index (χ1n) is 18.6. The SMILES string of the molecule is C[C@H](NC(=O)CCNC(=O)CN1C(=O)CCC1=O)C(=O)N[C@@H](C)C(=O)N[C@@H](CC(N)=O)C(=O)N[C@@H](C)C(=O)NC(C)(C)C(=O)OC[C@@H]1[C@@H](O)[C@H](O)[C@H](O)[C@H]2NC(=O)C(=O)N12. The molecule has 26 nitrogen and oxygen atoms in total. The minimum Gasteiger partial charge on any atom is -0.462 e. The lowest BCUT2D eigenvalue weighted by atomic mass is 9.92. The third-order valence-electron chi connectivity index (χ3n) is 9.56. The van der Waals surface area contributed by atoms with E-state index in [1.165, 1.54) is 34.6 Å². The highest BCUT2D eigenvalue weighted by molar-refractivity contribution is 6.37. The Balaban J connectivity index is 1.47. The number of carbonyl (C=O) groups is 12. The molecule has 3 rings (SSSR count). The summed E-state index contributed by atoms with van der Waals surface area (Å²) in [6.45, 7) is 4.68. The Morgan fingerprint density at radius 3 is 1.93 bits per heavy atom. The van der Waals surface area contributed by atoms with Crippen LogP contribution in [0.3, 0.4) is 0 Å². The van der Waals surface area contributed by atoms with Gasteiger partial charge in [-0.05, 0) is 34.6 Å². The van der Waals surface area contributed by atoms with E-state index in [1.54, 1.807) is 0 Å². The number of nitrogens with zero attached hydrogens (tertiary/aromatic N) is 2. The number of carbonyl (C=O) groups excluding carboxylic acids is 12. The molecular weight excluding hydrogens is 804 g/mol. The van der Waals surface area contributed by atoms with E-state index in [2.05, 4.69) is 37.2 Å². The molecule has 60 heavy (non-hydrogen) atoms. The third-order valence-corrected chi connectivity index (χ3v) is 9.56. The van der Waals surface area contributed by atoms with Crippen LogP contribution < -0.4 is 43.0 Å². The van der Waals surface area contributed by atoms with Crippen molar-refractivity contribution in [3.05, 3.63) is 0 Å². The lowest BCUT2D eigenvalue weighted by molar-refractivity contribution is -0.183. The Morgan fingerprint density at radius 1 is 0.783 bits per heavy atom. The van der Waals surface area contributed by atoms with Gasteiger partial charge in [-0.25, -0.2) is 4.79 Å². The quantitative estimate of drug-likeness (QED) is 0.0326. The highest BCUT2D eigenvalue weighted by atomic mass is 16.5. The molecule has 0 saturated carbocycles. The van der Waals surface area contributed by atoms with Crippen molar-refractivity contribution in [3.8, 4) is 0 Å². The van der Waals surface area contributed by atoms with E-state index >= 15 is 0 Å². The largest absolute Gasteiger partial charge is 0.462 e. The number of likely N-dealkylation sites (tertiary alicyclic amines) is 1. The van der Waals surface area contributed by atoms with Gasteiger partial charge in [0, 0.05) is 25.8 Å². The lowest BCUT2D eigenvalue weighted by Crippen LogP contribution is -2.68. The zero-order valence-corrected chi connectivity index (χ0v) is 33.3. The van der Waals surface area contributed by atoms with Crippen LogP contribution >= 0.6 is 0 Å². The second kappa shape index (κ2) is 20.1. The second-order valence-corrected chi connectivity index (χ2v) is 14.8. The molecule has 12 N–H and O–H groups in total. The summed E-state index contributed by atoms with van der Waals surface area (Å²) in [6.07, 6.45) is -7.83. The van der Waals surface area contributed by atoms with Gasteiger partial charge in [0.15, 0.2) is 0 Å². The van der Waals surface area contributed by atoms with E-state index in [1.807, 2.05) is 0 Å². The number of nitrogens with one attached hydrogen (secondary N) is 7. The maximum Gasteiger partial charge on any atom is 0.331 e. The predicted octanol–water partition coefficient (Wildman–Crippen LogP) is -8.30. The molecule has 11 amide bonds. The smallest absolute Gasteiger partial charge is 0.331 e. The molecular formula is C34H50N10O16. The van der Waals surface area contributed by atoms with Crippen molar-refractivity contribution in [2.75, 3.05) is 19.7 Å². The normalized spacial score (nSPS) is 23.2. The first-order valence-corrected chi connectivity index (χ1v) is 18.6. The van der Waals surface area contributed by atoms with Gasteiger partial charge in [-0.15, -0.1) is 0 Å². The summed E-state index contributed by atoms with van der Waals surface area (Å²) in [5, 5.41) is 46.9. The van der Waals surface area contributed by atoms with Gasteiger partial charge in [-0.2, -0.15) is 0 Å². The van der Waals surface area contributed by atoms with Crippen molar-refractivity contribution in [1.29, 1.82) is 0 Å². The van der Waals surface area contributed by atoms with Crippen molar-refractivity contribution in [2.24, 2.45) is 5.73 Å². The fraction of sp³-hybridized carbons (Fsp3) is 0.647. The standard InChI is InChI=1S/C34H50N10O16/c1-13(37-19(46)8-9-36-20(47)11-43-21(48)6-7-22(43)49)27(53)38-14(2)28(54)40-16(10-18(35)45)30(56)39-15(3)29(55)42-34(4,5)33(59)60-12-17-23(50)24(51)25(52)26-41-31(57)32(58)44(17)26/h13-17,23-26,50-52H,6-12H2,1-5H3,(H2,35,45)(H,36,47)(H,37,46)(H,38,53)(H,39,56)(H,40,54)(H,41,57)(H,42,55)/t13-,14-,15-,16-,17+,23+,24-,25-,26-/m0/s1. The Labute approximate surface area is 341 Å². The Hall–Kier alpha value is -6.28. The van der Waals surface area contributed by atoms with Crippen LogP contribution in [-0.4, -0.2) is 176 Å². The molecule has 0 spiro atoms. The molecule has 332 valence electrons. The number of imide groups is 1. The minimum atomic E-state index is -1.84. The number of amides is 11. The molecule has 0 aliphatic carbocycles. The number of fused-ring (bicyclic) bond motifs is 1. The molecule has 3 saturated heterocycles. The van der Waals surface area contributed by atoms with Gasteiger partial charge in [0.25, 0.3) is 0 Å². The molecule has 26 heteroatoms. The van der Waals surface area contributed by atoms with Gasteiger partial charge in [-0.3, -0.25) is 57.6 Å². The van der Waals surface area contributed by atoms with E-state index in [0.29, 0.717) is 0 Å². The molecule has 0 aromatic carbocycles. The average Bonchev–Trinajstić information content (AvgIpc) is 3.64. The number of aliphatic hydroxyl groups is 3. The molecule has 3 fully saturated rings. The summed E-state index contributed by atoms with van der Waals surface area (Å²) in [7, 11) is 0. The summed E-state index contributed by atoms with van der Waals surface area (Å²) >= 11 is 0. The first kappa shape index (κ1) is 48.1. The average molecular weight is 855 g/mol. The van der Waals surface area contributed by atoms with Gasteiger partial charge in [-0.1, -0.05) is 0 Å². The van der Waals surface area contributed by atoms with Crippen molar-refractivity contribution >= 4 is 70.9 Å². The molecule has 3 aliphatic rings. The summed E-state index contributed by atoms with van der Waals surface area (Å²) in [6, 6.07) is -7.11. The molecule has 0 aromatic rings. The van der Waals surface area contributed by atoms with E-state index in [0.717, 1.165) is 9.80 Å². The highest BCUT2D eigenvalue weighted by Crippen LogP contribution is 2.27. The monoisotopic (exact) mass is 854 g/mol. The molecule has 0 radical (unpaired) electrons. The molecule has 3 aliphatic heterocycles. The van der Waals surface area contributed by atoms with Gasteiger partial charge < -0.3 is 67.9 Å². The van der Waals surface area contributed by atoms with Crippen LogP contribution in [0.25, 0.3) is 0 Å². The molecule has 9 atom stereocenters. The first-order chi connectivity index (χ1) is 27.9. The van der Waals surface area contributed by atoms with E-state index in [-0.39, 0.29) is 25.8 Å². The number of nitrogens with two attached hydrogens (primary N) is 1. The van der Waals surface area contributed by atoms with Crippen molar-refractivity contribution < 1.29 is 77.6 Å². The summed E-state index contributed by atoms with van der Waals surface area (Å²) in [5.74, 6) is -10.6. The van der Waals surface area contributed by atoms with Crippen LogP contribution in [0.4, 0.5) is 0 Å². The third kappa shape index (κ3) is 12.1. The van der Waals surface area contributed by atoms with Gasteiger partial charge in [0.2, 0.25) is 53.2 Å². The van der Waals surface area contributed by atoms with Gasteiger partial charge in [0.1, 0.15) is 67.3 Å². The highest BCUT2D eigenvalue weighted by Gasteiger charge is 2.56. The van der Waals surface area contributed by atoms with Crippen molar-refractivity contribution in [3.63, 3.8) is 0 Å². The number of esters is 1. The Morgan fingerprint density at radius 2 is 1.33 bits per heavy atom. The van der Waals surface area contributed by atoms with Crippen LogP contribution in [0.15, 0.2) is 0 Å². The molecule has 0 unspecified atom stereocenters. The number of aliphatic hydroxyl groups excluding tert-OH is 3. The van der Waals surface area contributed by atoms with E-state index in [4.69, 9.17) is 10.5 Å². The molecule has 0 bridgehead atoms. The fourth-order valence-electron chi connectivity index (χ4n) is 6.07. The number of hydrogen-bond acceptors (Lipinski definition) is 16. The summed E-state index contributed by atoms with van der Waals surface area (Å²) < 4.78 is 5.20. The van der Waals surface area contributed by atoms with Crippen LogP contribution in [0.5, 0.6) is 0 Å². The van der Waals surface area contributed by atoms with Crippen molar-refractivity contribution in [2.45, 2.75) is 121 Å². The summed E-state index contributed by atoms with van der Waals surface area (Å²) in [4.78, 5) is 150. The number of rotatable bonds is 19. The van der Waals surface area contributed by atoms with Crippen LogP contribution in [-0.2, 0) is 62.3 Å². The Kier molecular flexibility index (Phi) is 16.1. The van der Waals surface area contributed by atoms with Gasteiger partial charge >= 0.3 is 17.8 Å². The topological polar surface area (TPSA) is 391 Å². The number of primary amides is 1. The maximum atomic E-state index is 13.1. The minimum absolute atomic E-state index is 0.0114. The molecule has 3 heterocycles. The number of hydrogen-bond donors (Lipinski definition) is 11. The fourth-order valence-corrected chi connectivity index (χ4v) is 6.07. The van der Waals surface area contributed by atoms with Gasteiger partial charge in [0.05, 0.1) is 12.5 Å². The van der Waals surface area contributed by atoms with Crippen molar-refractivity contribution in [1.82, 2.24) is 47.0 Å². The predicted molar refractivity (Wildman–Crippen MR) is 196 cm³/mol. The zero-order valence-electron chi connectivity index (χ0n) is 33.3. The van der Waals surface area contributed by atoms with Crippen LogP contribution in [0.1, 0.15) is 60.3 Å². The second-order valence-electron chi connectivity index (χ2n) is 14.8. The Bertz CT molecular complexity index is 1770. The number of piperidine rings is 1. The van der Waals surface area contributed by atoms with E-state index < -0.39 is 151 Å². The van der Waals surface area contributed by atoms with Crippen LogP contribution in [0, 0.1) is 0 Å². The lowest BCUT2D eigenvalue weighted by Gasteiger charge is -2.44.